The summed E-state index contributed by atoms with van der Waals surface area (Å²) in [5.74, 6) is -2.05. The van der Waals surface area contributed by atoms with Gasteiger partial charge in [-0.15, -0.1) is 10.2 Å². The molecule has 0 spiro atoms. The van der Waals surface area contributed by atoms with Crippen LogP contribution in [-0.4, -0.2) is 44.0 Å². The molecular weight excluding hydrogens is 501 g/mol. The molecule has 1 aliphatic carbocycles. The molecule has 1 N–H and O–H groups in total. The number of carbonyl (C=O) groups is 2. The van der Waals surface area contributed by atoms with Crippen LogP contribution in [0.5, 0.6) is 0 Å². The van der Waals surface area contributed by atoms with Crippen LogP contribution in [0.4, 0.5) is 22.0 Å². The van der Waals surface area contributed by atoms with E-state index in [-0.39, 0.29) is 35.0 Å². The maximum Gasteiger partial charge on any atom is 0.416 e. The zero-order valence-corrected chi connectivity index (χ0v) is 19.1. The molecule has 0 bridgehead atoms. The number of hydrogen-bond acceptors (Lipinski definition) is 6. The molecule has 1 aliphatic heterocycles. The van der Waals surface area contributed by atoms with Crippen LogP contribution in [-0.2, 0) is 12.7 Å². The van der Waals surface area contributed by atoms with Gasteiger partial charge >= 0.3 is 12.6 Å². The minimum absolute atomic E-state index is 0.121. The number of halogens is 5. The minimum atomic E-state index is -4.58. The van der Waals surface area contributed by atoms with E-state index >= 15 is 0 Å². The molecule has 3 heterocycles. The molecule has 0 saturated heterocycles. The Morgan fingerprint density at radius 3 is 2.65 bits per heavy atom. The summed E-state index contributed by atoms with van der Waals surface area (Å²) < 4.78 is 69.7. The van der Waals surface area contributed by atoms with Gasteiger partial charge in [0.2, 0.25) is 5.89 Å². The van der Waals surface area contributed by atoms with Gasteiger partial charge in [-0.05, 0) is 37.1 Å². The lowest BCUT2D eigenvalue weighted by Crippen LogP contribution is -2.53. The van der Waals surface area contributed by atoms with Gasteiger partial charge in [0.25, 0.3) is 17.7 Å². The first-order valence-corrected chi connectivity index (χ1v) is 11.5. The van der Waals surface area contributed by atoms with E-state index in [0.717, 1.165) is 25.0 Å². The van der Waals surface area contributed by atoms with Crippen LogP contribution in [0.3, 0.4) is 0 Å². The van der Waals surface area contributed by atoms with Crippen molar-refractivity contribution in [2.75, 3.05) is 0 Å². The largest absolute Gasteiger partial charge is 0.416 e. The summed E-state index contributed by atoms with van der Waals surface area (Å²) in [6.45, 7) is 0.168. The monoisotopic (exact) mass is 521 g/mol. The highest BCUT2D eigenvalue weighted by Crippen LogP contribution is 2.33. The first kappa shape index (κ1) is 24.8. The standard InChI is InChI=1S/C24H20F5N5O3/c25-19(26)22-33-32-21(37-22)13-9-15-17(30-10-13)11-34(23(15)36)18-7-2-1-6-16(18)31-20(35)12-4-3-5-14(8-12)24(27,28)29/h3-5,8-10,16,18-19H,1-2,6-7,11H2,(H,31,35)/t16-,18-/m1/s1. The van der Waals surface area contributed by atoms with E-state index in [1.54, 1.807) is 4.90 Å². The van der Waals surface area contributed by atoms with Crippen LogP contribution in [0.1, 0.15) is 70.0 Å². The molecule has 0 unspecified atom stereocenters. The average molecular weight is 521 g/mol. The van der Waals surface area contributed by atoms with E-state index in [4.69, 9.17) is 4.42 Å². The Balaban J connectivity index is 1.34. The number of pyridine rings is 1. The van der Waals surface area contributed by atoms with Crippen LogP contribution in [0.15, 0.2) is 40.9 Å². The molecule has 1 aromatic carbocycles. The third-order valence-electron chi connectivity index (χ3n) is 6.55. The Hall–Kier alpha value is -3.90. The third-order valence-corrected chi connectivity index (χ3v) is 6.55. The molecular formula is C24H20F5N5O3. The maximum absolute atomic E-state index is 13.3. The fourth-order valence-corrected chi connectivity index (χ4v) is 4.76. The van der Waals surface area contributed by atoms with Crippen molar-refractivity contribution in [2.45, 2.75) is 56.9 Å². The summed E-state index contributed by atoms with van der Waals surface area (Å²) in [5.41, 5.74) is -0.108. The smallest absolute Gasteiger partial charge is 0.415 e. The van der Waals surface area contributed by atoms with Crippen molar-refractivity contribution >= 4 is 11.8 Å². The lowest BCUT2D eigenvalue weighted by molar-refractivity contribution is -0.137. The molecule has 13 heteroatoms. The first-order valence-electron chi connectivity index (χ1n) is 11.5. The highest BCUT2D eigenvalue weighted by molar-refractivity contribution is 5.99. The first-order chi connectivity index (χ1) is 17.6. The predicted octanol–water partition coefficient (Wildman–Crippen LogP) is 4.79. The molecule has 5 rings (SSSR count). The van der Waals surface area contributed by atoms with Gasteiger partial charge in [-0.3, -0.25) is 14.6 Å². The number of nitrogens with one attached hydrogen (secondary N) is 1. The van der Waals surface area contributed by atoms with Crippen molar-refractivity contribution in [1.29, 1.82) is 0 Å². The number of carbonyl (C=O) groups excluding carboxylic acids is 2. The van der Waals surface area contributed by atoms with Crippen molar-refractivity contribution in [3.8, 4) is 11.5 Å². The molecule has 1 fully saturated rings. The van der Waals surface area contributed by atoms with Gasteiger partial charge in [0.15, 0.2) is 0 Å². The highest BCUT2D eigenvalue weighted by Gasteiger charge is 2.40. The molecule has 3 aromatic rings. The zero-order chi connectivity index (χ0) is 26.3. The van der Waals surface area contributed by atoms with Crippen LogP contribution >= 0.6 is 0 Å². The fraction of sp³-hybridized carbons (Fsp3) is 0.375. The number of rotatable bonds is 5. The minimum Gasteiger partial charge on any atom is -0.415 e. The second-order valence-electron chi connectivity index (χ2n) is 8.91. The predicted molar refractivity (Wildman–Crippen MR) is 117 cm³/mol. The van der Waals surface area contributed by atoms with E-state index in [1.165, 1.54) is 24.4 Å². The lowest BCUT2D eigenvalue weighted by atomic mass is 9.89. The number of nitrogens with zero attached hydrogens (tertiary/aromatic N) is 4. The van der Waals surface area contributed by atoms with Crippen molar-refractivity contribution in [3.05, 3.63) is 64.8 Å². The topological polar surface area (TPSA) is 101 Å². The zero-order valence-electron chi connectivity index (χ0n) is 19.1. The summed E-state index contributed by atoms with van der Waals surface area (Å²) in [6.07, 6.45) is -3.44. The van der Waals surface area contributed by atoms with Gasteiger partial charge in [-0.1, -0.05) is 18.9 Å². The Labute approximate surface area is 206 Å². The van der Waals surface area contributed by atoms with E-state index in [0.29, 0.717) is 18.5 Å². The van der Waals surface area contributed by atoms with Crippen molar-refractivity contribution in [1.82, 2.24) is 25.4 Å². The van der Waals surface area contributed by atoms with E-state index in [2.05, 4.69) is 20.5 Å². The molecule has 2 aromatic heterocycles. The Morgan fingerprint density at radius 2 is 1.92 bits per heavy atom. The number of fused-ring (bicyclic) bond motifs is 1. The molecule has 37 heavy (non-hydrogen) atoms. The van der Waals surface area contributed by atoms with Gasteiger partial charge in [-0.2, -0.15) is 22.0 Å². The second kappa shape index (κ2) is 9.52. The lowest BCUT2D eigenvalue weighted by Gasteiger charge is -2.38. The van der Waals surface area contributed by atoms with Crippen LogP contribution in [0, 0.1) is 0 Å². The maximum atomic E-state index is 13.3. The summed E-state index contributed by atoms with van der Waals surface area (Å²) in [5, 5.41) is 9.68. The molecule has 2 aliphatic rings. The Morgan fingerprint density at radius 1 is 1.14 bits per heavy atom. The van der Waals surface area contributed by atoms with Crippen LogP contribution in [0.2, 0.25) is 0 Å². The van der Waals surface area contributed by atoms with Crippen molar-refractivity contribution < 1.29 is 36.0 Å². The quantitative estimate of drug-likeness (QED) is 0.485. The van der Waals surface area contributed by atoms with Gasteiger partial charge in [0.05, 0.1) is 35.0 Å². The molecule has 1 saturated carbocycles. The normalized spacial score (nSPS) is 19.8. The number of benzene rings is 1. The Bertz CT molecular complexity index is 1340. The second-order valence-corrected chi connectivity index (χ2v) is 8.91. The molecule has 2 amide bonds. The Kier molecular flexibility index (Phi) is 6.38. The SMILES string of the molecule is O=C(N[C@@H]1CCCC[C@H]1N1Cc2ncc(-c3nnc(C(F)F)o3)cc2C1=O)c1cccc(C(F)(F)F)c1. The number of alkyl halides is 5. The van der Waals surface area contributed by atoms with Gasteiger partial charge in [0, 0.05) is 17.8 Å². The van der Waals surface area contributed by atoms with Gasteiger partial charge in [-0.25, -0.2) is 0 Å². The van der Waals surface area contributed by atoms with E-state index in [9.17, 15) is 31.5 Å². The number of hydrogen-bond donors (Lipinski definition) is 1. The number of aromatic nitrogens is 3. The summed E-state index contributed by atoms with van der Waals surface area (Å²) >= 11 is 0. The van der Waals surface area contributed by atoms with Crippen molar-refractivity contribution in [3.63, 3.8) is 0 Å². The van der Waals surface area contributed by atoms with Gasteiger partial charge < -0.3 is 14.6 Å². The van der Waals surface area contributed by atoms with Crippen LogP contribution in [0.25, 0.3) is 11.5 Å². The molecule has 8 nitrogen and oxygen atoms in total. The van der Waals surface area contributed by atoms with E-state index < -0.39 is 42.0 Å². The number of amides is 2. The third kappa shape index (κ3) is 4.89. The summed E-state index contributed by atoms with van der Waals surface area (Å²) in [6, 6.07) is 4.75. The molecule has 194 valence electrons. The molecule has 0 radical (unpaired) electrons. The van der Waals surface area contributed by atoms with E-state index in [1.807, 2.05) is 0 Å². The highest BCUT2D eigenvalue weighted by atomic mass is 19.4. The summed E-state index contributed by atoms with van der Waals surface area (Å²) in [4.78, 5) is 32.0. The fourth-order valence-electron chi connectivity index (χ4n) is 4.76. The van der Waals surface area contributed by atoms with Crippen molar-refractivity contribution in [2.24, 2.45) is 0 Å². The average Bonchev–Trinajstić information content (AvgIpc) is 3.49. The van der Waals surface area contributed by atoms with Crippen LogP contribution < -0.4 is 5.32 Å². The molecule has 2 atom stereocenters. The summed E-state index contributed by atoms with van der Waals surface area (Å²) in [7, 11) is 0. The van der Waals surface area contributed by atoms with Gasteiger partial charge in [0.1, 0.15) is 0 Å².